The molecule has 0 aliphatic carbocycles. The second kappa shape index (κ2) is 16.7. The standard InChI is InChI=1S/C30H47N3O5S/c1-2-3-4-5-6-7-22-39(36,37)33-20-17-27(18-21-33)32-26-10-8-25(9-11-26)16-19-31-23-29(35)24-38-30-14-12-28(34)13-15-30/h8-15,27,29,31-32,34-35H,2-7,16-24H2,1H3/t29-/m0/s1. The molecule has 0 radical (unpaired) electrons. The molecule has 39 heavy (non-hydrogen) atoms. The predicted molar refractivity (Wildman–Crippen MR) is 158 cm³/mol. The van der Waals surface area contributed by atoms with Gasteiger partial charge in [-0.15, -0.1) is 0 Å². The lowest BCUT2D eigenvalue weighted by molar-refractivity contribution is 0.106. The van der Waals surface area contributed by atoms with E-state index in [-0.39, 0.29) is 24.2 Å². The Morgan fingerprint density at radius 3 is 2.33 bits per heavy atom. The third kappa shape index (κ3) is 11.7. The van der Waals surface area contributed by atoms with Gasteiger partial charge in [0.05, 0.1) is 5.75 Å². The van der Waals surface area contributed by atoms with Gasteiger partial charge in [-0.25, -0.2) is 12.7 Å². The maximum atomic E-state index is 12.7. The van der Waals surface area contributed by atoms with Gasteiger partial charge in [0.25, 0.3) is 0 Å². The number of sulfonamides is 1. The van der Waals surface area contributed by atoms with Crippen LogP contribution in [-0.2, 0) is 16.4 Å². The summed E-state index contributed by atoms with van der Waals surface area (Å²) in [7, 11) is -3.14. The zero-order chi connectivity index (χ0) is 27.9. The first-order valence-corrected chi connectivity index (χ1v) is 16.1. The third-order valence-electron chi connectivity index (χ3n) is 7.18. The molecule has 1 heterocycles. The smallest absolute Gasteiger partial charge is 0.214 e. The van der Waals surface area contributed by atoms with E-state index >= 15 is 0 Å². The molecule has 8 nitrogen and oxygen atoms in total. The van der Waals surface area contributed by atoms with Crippen molar-refractivity contribution in [2.24, 2.45) is 0 Å². The van der Waals surface area contributed by atoms with Crippen molar-refractivity contribution in [1.82, 2.24) is 9.62 Å². The van der Waals surface area contributed by atoms with Crippen molar-refractivity contribution in [3.8, 4) is 11.5 Å². The minimum Gasteiger partial charge on any atom is -0.508 e. The van der Waals surface area contributed by atoms with Gasteiger partial charge in [-0.1, -0.05) is 51.2 Å². The minimum absolute atomic E-state index is 0.181. The molecule has 3 rings (SSSR count). The van der Waals surface area contributed by atoms with Crippen molar-refractivity contribution >= 4 is 15.7 Å². The lowest BCUT2D eigenvalue weighted by Crippen LogP contribution is -2.43. The van der Waals surface area contributed by atoms with Crippen LogP contribution in [-0.4, -0.2) is 73.6 Å². The van der Waals surface area contributed by atoms with Crippen LogP contribution in [0.15, 0.2) is 48.5 Å². The second-order valence-electron chi connectivity index (χ2n) is 10.5. The Hall–Kier alpha value is -2.33. The number of aliphatic hydroxyl groups is 1. The molecule has 218 valence electrons. The number of hydrogen-bond donors (Lipinski definition) is 4. The third-order valence-corrected chi connectivity index (χ3v) is 9.13. The summed E-state index contributed by atoms with van der Waals surface area (Å²) in [6, 6.07) is 15.1. The zero-order valence-electron chi connectivity index (χ0n) is 23.4. The van der Waals surface area contributed by atoms with Crippen molar-refractivity contribution in [3.05, 3.63) is 54.1 Å². The number of benzene rings is 2. The number of nitrogens with zero attached hydrogens (tertiary/aromatic N) is 1. The maximum Gasteiger partial charge on any atom is 0.214 e. The highest BCUT2D eigenvalue weighted by Crippen LogP contribution is 2.20. The fourth-order valence-electron chi connectivity index (χ4n) is 4.77. The average Bonchev–Trinajstić information content (AvgIpc) is 2.94. The number of phenols is 1. The van der Waals surface area contributed by atoms with Crippen molar-refractivity contribution in [1.29, 1.82) is 0 Å². The van der Waals surface area contributed by atoms with Crippen LogP contribution >= 0.6 is 0 Å². The van der Waals surface area contributed by atoms with Gasteiger partial charge >= 0.3 is 0 Å². The Balaban J connectivity index is 1.27. The minimum atomic E-state index is -3.14. The van der Waals surface area contributed by atoms with Crippen LogP contribution in [0.4, 0.5) is 5.69 Å². The highest BCUT2D eigenvalue weighted by Gasteiger charge is 2.27. The number of aromatic hydroxyl groups is 1. The van der Waals surface area contributed by atoms with Gasteiger partial charge in [0, 0.05) is 31.4 Å². The molecule has 0 unspecified atom stereocenters. The van der Waals surface area contributed by atoms with Crippen LogP contribution in [0.1, 0.15) is 63.9 Å². The molecular formula is C30H47N3O5S. The molecule has 1 atom stereocenters. The molecule has 1 fully saturated rings. The number of rotatable bonds is 18. The van der Waals surface area contributed by atoms with E-state index in [0.29, 0.717) is 25.4 Å². The molecule has 0 amide bonds. The van der Waals surface area contributed by atoms with Gasteiger partial charge in [0.1, 0.15) is 24.2 Å². The van der Waals surface area contributed by atoms with Crippen LogP contribution < -0.4 is 15.4 Å². The fraction of sp³-hybridized carbons (Fsp3) is 0.600. The highest BCUT2D eigenvalue weighted by atomic mass is 32.2. The Labute approximate surface area is 234 Å². The molecule has 9 heteroatoms. The van der Waals surface area contributed by atoms with Crippen molar-refractivity contribution in [2.45, 2.75) is 76.9 Å². The first-order valence-electron chi connectivity index (χ1n) is 14.5. The van der Waals surface area contributed by atoms with Crippen LogP contribution in [0.3, 0.4) is 0 Å². The lowest BCUT2D eigenvalue weighted by atomic mass is 10.1. The van der Waals surface area contributed by atoms with Gasteiger partial charge in [-0.3, -0.25) is 0 Å². The van der Waals surface area contributed by atoms with Gasteiger partial charge in [0.15, 0.2) is 0 Å². The zero-order valence-corrected chi connectivity index (χ0v) is 24.2. The van der Waals surface area contributed by atoms with E-state index in [1.54, 1.807) is 28.6 Å². The van der Waals surface area contributed by atoms with E-state index < -0.39 is 16.1 Å². The van der Waals surface area contributed by atoms with Crippen LogP contribution in [0.2, 0.25) is 0 Å². The molecule has 1 aliphatic rings. The number of phenolic OH excluding ortho intramolecular Hbond substituents is 1. The van der Waals surface area contributed by atoms with Gasteiger partial charge in [-0.2, -0.15) is 0 Å². The molecule has 4 N–H and O–H groups in total. The number of unbranched alkanes of at least 4 members (excludes halogenated alkanes) is 5. The molecule has 0 aromatic heterocycles. The van der Waals surface area contributed by atoms with E-state index in [2.05, 4.69) is 41.8 Å². The Morgan fingerprint density at radius 1 is 0.974 bits per heavy atom. The number of nitrogens with one attached hydrogen (secondary N) is 2. The SMILES string of the molecule is CCCCCCCCS(=O)(=O)N1CCC(Nc2ccc(CCNC[C@H](O)COc3ccc(O)cc3)cc2)CC1. The van der Waals surface area contributed by atoms with Gasteiger partial charge < -0.3 is 25.6 Å². The van der Waals surface area contributed by atoms with E-state index in [1.165, 1.54) is 24.8 Å². The first-order chi connectivity index (χ1) is 18.9. The summed E-state index contributed by atoms with van der Waals surface area (Å²) in [5.74, 6) is 1.07. The van der Waals surface area contributed by atoms with Crippen LogP contribution in [0.5, 0.6) is 11.5 Å². The Kier molecular flexibility index (Phi) is 13.4. The first kappa shape index (κ1) is 31.2. The summed E-state index contributed by atoms with van der Waals surface area (Å²) in [5.41, 5.74) is 2.26. The Bertz CT molecular complexity index is 1040. The average molecular weight is 562 g/mol. The molecule has 0 spiro atoms. The number of hydrogen-bond acceptors (Lipinski definition) is 7. The van der Waals surface area contributed by atoms with Gasteiger partial charge in [0.2, 0.25) is 10.0 Å². The lowest BCUT2D eigenvalue weighted by Gasteiger charge is -2.32. The number of ether oxygens (including phenoxy) is 1. The van der Waals surface area contributed by atoms with E-state index in [0.717, 1.165) is 50.8 Å². The molecular weight excluding hydrogens is 514 g/mol. The normalized spacial score (nSPS) is 15.7. The number of anilines is 1. The van der Waals surface area contributed by atoms with Crippen molar-refractivity contribution in [3.63, 3.8) is 0 Å². The van der Waals surface area contributed by atoms with Crippen LogP contribution in [0.25, 0.3) is 0 Å². The van der Waals surface area contributed by atoms with E-state index in [1.807, 2.05) is 0 Å². The molecule has 2 aromatic carbocycles. The predicted octanol–water partition coefficient (Wildman–Crippen LogP) is 4.53. The molecule has 0 bridgehead atoms. The molecule has 2 aromatic rings. The summed E-state index contributed by atoms with van der Waals surface area (Å²) in [6.07, 6.45) is 8.41. The summed E-state index contributed by atoms with van der Waals surface area (Å²) >= 11 is 0. The number of aliphatic hydroxyl groups excluding tert-OH is 1. The summed E-state index contributed by atoms with van der Waals surface area (Å²) < 4.78 is 32.6. The summed E-state index contributed by atoms with van der Waals surface area (Å²) in [5, 5.41) is 26.2. The quantitative estimate of drug-likeness (QED) is 0.198. The Morgan fingerprint density at radius 2 is 1.64 bits per heavy atom. The largest absolute Gasteiger partial charge is 0.508 e. The summed E-state index contributed by atoms with van der Waals surface area (Å²) in [4.78, 5) is 0. The molecule has 1 aliphatic heterocycles. The van der Waals surface area contributed by atoms with E-state index in [9.17, 15) is 18.6 Å². The van der Waals surface area contributed by atoms with Gasteiger partial charge in [-0.05, 0) is 74.2 Å². The number of piperidine rings is 1. The monoisotopic (exact) mass is 561 g/mol. The van der Waals surface area contributed by atoms with E-state index in [4.69, 9.17) is 4.74 Å². The van der Waals surface area contributed by atoms with Crippen LogP contribution in [0, 0.1) is 0 Å². The highest BCUT2D eigenvalue weighted by molar-refractivity contribution is 7.89. The summed E-state index contributed by atoms with van der Waals surface area (Å²) in [6.45, 7) is 4.73. The maximum absolute atomic E-state index is 12.7. The topological polar surface area (TPSA) is 111 Å². The second-order valence-corrected chi connectivity index (χ2v) is 12.6. The van der Waals surface area contributed by atoms with Crippen molar-refractivity contribution < 1.29 is 23.4 Å². The van der Waals surface area contributed by atoms with Crippen molar-refractivity contribution in [2.75, 3.05) is 43.9 Å². The molecule has 0 saturated carbocycles. The molecule has 1 saturated heterocycles. The fourth-order valence-corrected chi connectivity index (χ4v) is 6.36.